The smallest absolute Gasteiger partial charge is 0.410 e. The van der Waals surface area contributed by atoms with Gasteiger partial charge in [-0.1, -0.05) is 59.6 Å². The van der Waals surface area contributed by atoms with Crippen molar-refractivity contribution in [2.45, 2.75) is 12.5 Å². The molecule has 1 fully saturated rings. The van der Waals surface area contributed by atoms with E-state index < -0.39 is 0 Å². The van der Waals surface area contributed by atoms with Crippen molar-refractivity contribution < 1.29 is 9.53 Å². The van der Waals surface area contributed by atoms with Crippen LogP contribution in [0.1, 0.15) is 17.0 Å². The van der Waals surface area contributed by atoms with Crippen LogP contribution in [-0.4, -0.2) is 24.1 Å². The summed E-state index contributed by atoms with van der Waals surface area (Å²) in [6.07, 6.45) is -0.278. The second-order valence-electron chi connectivity index (χ2n) is 5.31. The third-order valence-corrected chi connectivity index (χ3v) is 4.48. The molecule has 23 heavy (non-hydrogen) atoms. The van der Waals surface area contributed by atoms with Gasteiger partial charge in [-0.15, -0.1) is 12.4 Å². The summed E-state index contributed by atoms with van der Waals surface area (Å²) in [7, 11) is 0. The Morgan fingerprint density at radius 1 is 1.09 bits per heavy atom. The number of amides is 1. The molecule has 1 aliphatic heterocycles. The minimum Gasteiger partial charge on any atom is -0.449 e. The molecule has 0 aromatic heterocycles. The van der Waals surface area contributed by atoms with Crippen LogP contribution in [0, 0.1) is 0 Å². The molecule has 0 radical (unpaired) electrons. The Kier molecular flexibility index (Phi) is 6.17. The zero-order chi connectivity index (χ0) is 15.5. The number of nitrogens with zero attached hydrogens (tertiary/aromatic N) is 1. The van der Waals surface area contributed by atoms with Gasteiger partial charge in [-0.25, -0.2) is 4.79 Å². The number of carbonyl (C=O) groups is 1. The number of ether oxygens (including phenoxy) is 1. The molecule has 1 heterocycles. The maximum Gasteiger partial charge on any atom is 0.410 e. The Balaban J connectivity index is 0.00000192. The zero-order valence-corrected chi connectivity index (χ0v) is 14.6. The molecular weight excluding hydrogens is 357 g/mol. The fraction of sp³-hybridized carbons (Fsp3) is 0.235. The van der Waals surface area contributed by atoms with Crippen molar-refractivity contribution in [3.8, 4) is 0 Å². The number of rotatable bonds is 3. The van der Waals surface area contributed by atoms with Crippen molar-refractivity contribution in [1.29, 1.82) is 0 Å². The normalized spacial score (nSPS) is 17.4. The Hall–Kier alpha value is -1.42. The van der Waals surface area contributed by atoms with E-state index in [1.807, 2.05) is 42.5 Å². The highest BCUT2D eigenvalue weighted by atomic mass is 35.5. The molecule has 0 aliphatic carbocycles. The molecule has 1 atom stereocenters. The third-order valence-electron chi connectivity index (χ3n) is 3.74. The van der Waals surface area contributed by atoms with Crippen LogP contribution in [0.2, 0.25) is 10.0 Å². The highest BCUT2D eigenvalue weighted by Crippen LogP contribution is 2.29. The first-order valence-corrected chi connectivity index (χ1v) is 7.79. The van der Waals surface area contributed by atoms with Crippen LogP contribution in [0.25, 0.3) is 0 Å². The molecule has 2 aromatic carbocycles. The van der Waals surface area contributed by atoms with E-state index in [4.69, 9.17) is 27.9 Å². The van der Waals surface area contributed by atoms with Gasteiger partial charge in [0.05, 0.1) is 10.0 Å². The number of hydrogen-bond donors (Lipinski definition) is 0. The van der Waals surface area contributed by atoms with Crippen molar-refractivity contribution >= 4 is 41.7 Å². The van der Waals surface area contributed by atoms with Crippen LogP contribution in [0.4, 0.5) is 4.79 Å². The molecular formula is C17H16Cl3NO2. The second kappa shape index (κ2) is 7.91. The lowest BCUT2D eigenvalue weighted by atomic mass is 9.98. The van der Waals surface area contributed by atoms with Crippen molar-refractivity contribution in [2.24, 2.45) is 0 Å². The molecule has 0 spiro atoms. The predicted molar refractivity (Wildman–Crippen MR) is 94.7 cm³/mol. The van der Waals surface area contributed by atoms with E-state index in [1.54, 1.807) is 11.0 Å². The van der Waals surface area contributed by atoms with Crippen LogP contribution < -0.4 is 0 Å². The summed E-state index contributed by atoms with van der Waals surface area (Å²) in [4.78, 5) is 13.7. The summed E-state index contributed by atoms with van der Waals surface area (Å²) in [6.45, 7) is 1.51. The molecule has 0 N–H and O–H groups in total. The molecule has 1 amide bonds. The van der Waals surface area contributed by atoms with Crippen molar-refractivity contribution in [2.75, 3.05) is 13.2 Å². The quantitative estimate of drug-likeness (QED) is 0.745. The fourth-order valence-corrected chi connectivity index (χ4v) is 2.86. The van der Waals surface area contributed by atoms with Crippen molar-refractivity contribution in [3.05, 3.63) is 69.7 Å². The average molecular weight is 373 g/mol. The lowest BCUT2D eigenvalue weighted by molar-refractivity contribution is 0.0587. The lowest BCUT2D eigenvalue weighted by Gasteiger charge is -2.32. The largest absolute Gasteiger partial charge is 0.449 e. The van der Waals surface area contributed by atoms with Gasteiger partial charge in [0.25, 0.3) is 0 Å². The third kappa shape index (κ3) is 4.31. The van der Waals surface area contributed by atoms with E-state index in [0.29, 0.717) is 29.7 Å². The van der Waals surface area contributed by atoms with Gasteiger partial charge in [-0.3, -0.25) is 0 Å². The van der Waals surface area contributed by atoms with E-state index in [-0.39, 0.29) is 24.4 Å². The van der Waals surface area contributed by atoms with Crippen molar-refractivity contribution in [3.63, 3.8) is 0 Å². The fourth-order valence-electron chi connectivity index (χ4n) is 2.56. The minimum absolute atomic E-state index is 0. The summed E-state index contributed by atoms with van der Waals surface area (Å²) < 4.78 is 5.31. The standard InChI is InChI=1S/C17H15Cl2NO2.ClH/c18-15-7-6-13(8-16(15)19)14-10-20(17(21)22-11-14)9-12-4-2-1-3-5-12;/h1-8,14H,9-11H2;1H. The second-order valence-corrected chi connectivity index (χ2v) is 6.13. The summed E-state index contributed by atoms with van der Waals surface area (Å²) in [5.41, 5.74) is 2.11. The average Bonchev–Trinajstić information content (AvgIpc) is 2.53. The maximum absolute atomic E-state index is 12.0. The number of benzene rings is 2. The van der Waals surface area contributed by atoms with E-state index in [9.17, 15) is 4.79 Å². The van der Waals surface area contributed by atoms with Gasteiger partial charge in [0.1, 0.15) is 6.61 Å². The Morgan fingerprint density at radius 3 is 2.52 bits per heavy atom. The molecule has 122 valence electrons. The van der Waals surface area contributed by atoms with E-state index in [0.717, 1.165) is 11.1 Å². The van der Waals surface area contributed by atoms with Gasteiger partial charge in [-0.2, -0.15) is 0 Å². The SMILES string of the molecule is Cl.O=C1OCC(c2ccc(Cl)c(Cl)c2)CN1Cc1ccccc1. The Morgan fingerprint density at radius 2 is 1.83 bits per heavy atom. The number of carbonyl (C=O) groups excluding carboxylic acids is 1. The molecule has 1 unspecified atom stereocenters. The van der Waals surface area contributed by atoms with Gasteiger partial charge < -0.3 is 9.64 Å². The molecule has 2 aromatic rings. The molecule has 1 saturated heterocycles. The molecule has 3 nitrogen and oxygen atoms in total. The predicted octanol–water partition coefficient (Wildman–Crippen LogP) is 5.15. The topological polar surface area (TPSA) is 29.5 Å². The van der Waals surface area contributed by atoms with Crippen LogP contribution in [0.3, 0.4) is 0 Å². The Labute approximate surface area is 151 Å². The monoisotopic (exact) mass is 371 g/mol. The lowest BCUT2D eigenvalue weighted by Crippen LogP contribution is -2.41. The van der Waals surface area contributed by atoms with Crippen LogP contribution in [0.5, 0.6) is 0 Å². The summed E-state index contributed by atoms with van der Waals surface area (Å²) in [5.74, 6) is 0.0937. The molecule has 6 heteroatoms. The summed E-state index contributed by atoms with van der Waals surface area (Å²) in [6, 6.07) is 15.4. The van der Waals surface area contributed by atoms with E-state index >= 15 is 0 Å². The highest BCUT2D eigenvalue weighted by Gasteiger charge is 2.28. The first kappa shape index (κ1) is 17.9. The van der Waals surface area contributed by atoms with Gasteiger partial charge in [-0.05, 0) is 23.3 Å². The summed E-state index contributed by atoms with van der Waals surface area (Å²) >= 11 is 12.0. The van der Waals surface area contributed by atoms with Crippen LogP contribution >= 0.6 is 35.6 Å². The number of cyclic esters (lactones) is 1. The first-order valence-electron chi connectivity index (χ1n) is 7.04. The first-order chi connectivity index (χ1) is 10.6. The number of hydrogen-bond acceptors (Lipinski definition) is 2. The number of halogens is 3. The van der Waals surface area contributed by atoms with Gasteiger partial charge in [0.15, 0.2) is 0 Å². The van der Waals surface area contributed by atoms with E-state index in [1.165, 1.54) is 0 Å². The molecule has 0 bridgehead atoms. The Bertz CT molecular complexity index is 679. The van der Waals surface area contributed by atoms with E-state index in [2.05, 4.69) is 0 Å². The van der Waals surface area contributed by atoms with Crippen molar-refractivity contribution in [1.82, 2.24) is 4.90 Å². The van der Waals surface area contributed by atoms with Crippen LogP contribution in [0.15, 0.2) is 48.5 Å². The van der Waals surface area contributed by atoms with Crippen LogP contribution in [-0.2, 0) is 11.3 Å². The van der Waals surface area contributed by atoms with Gasteiger partial charge in [0.2, 0.25) is 0 Å². The summed E-state index contributed by atoms with van der Waals surface area (Å²) in [5, 5.41) is 1.05. The zero-order valence-electron chi connectivity index (χ0n) is 12.2. The maximum atomic E-state index is 12.0. The molecule has 3 rings (SSSR count). The highest BCUT2D eigenvalue weighted by molar-refractivity contribution is 6.42. The minimum atomic E-state index is -0.278. The molecule has 1 aliphatic rings. The molecule has 0 saturated carbocycles. The van der Waals surface area contributed by atoms with Gasteiger partial charge >= 0.3 is 6.09 Å². The van der Waals surface area contributed by atoms with Gasteiger partial charge in [0, 0.05) is 19.0 Å².